The molecule has 1 N–H and O–H groups in total. The monoisotopic (exact) mass is 355 g/mol. The number of carbonyl (C=O) groups excluding carboxylic acids is 1. The maximum absolute atomic E-state index is 12.1. The zero-order valence-corrected chi connectivity index (χ0v) is 14.4. The molecule has 7 nitrogen and oxygen atoms in total. The van der Waals surface area contributed by atoms with Crippen LogP contribution in [0.2, 0.25) is 0 Å². The number of hydrogen-bond acceptors (Lipinski definition) is 5. The average Bonchev–Trinajstić information content (AvgIpc) is 2.93. The van der Waals surface area contributed by atoms with Gasteiger partial charge >= 0.3 is 0 Å². The van der Waals surface area contributed by atoms with Crippen molar-refractivity contribution in [1.29, 1.82) is 0 Å². The van der Waals surface area contributed by atoms with Crippen molar-refractivity contribution < 1.29 is 17.9 Å². The molecule has 0 fully saturated rings. The third kappa shape index (κ3) is 4.58. The normalized spacial score (nSPS) is 12.5. The van der Waals surface area contributed by atoms with Gasteiger partial charge in [0.05, 0.1) is 11.5 Å². The van der Waals surface area contributed by atoms with E-state index in [1.165, 1.54) is 42.7 Å². The van der Waals surface area contributed by atoms with Crippen LogP contribution in [0.1, 0.15) is 10.4 Å². The number of aryl methyl sites for hydroxylation is 1. The maximum Gasteiger partial charge on any atom is 0.279 e. The number of nitrogens with one attached hydrogen (secondary N) is 1. The number of methoxy groups -OCH3 is 1. The van der Waals surface area contributed by atoms with E-state index in [1.807, 2.05) is 5.38 Å². The van der Waals surface area contributed by atoms with E-state index < -0.39 is 15.9 Å². The largest absolute Gasteiger partial charge is 0.383 e. The molecule has 1 heterocycles. The van der Waals surface area contributed by atoms with E-state index in [0.717, 1.165) is 0 Å². The Balaban J connectivity index is 2.16. The van der Waals surface area contributed by atoms with Gasteiger partial charge in [-0.15, -0.1) is 11.3 Å². The molecular weight excluding hydrogens is 338 g/mol. The maximum atomic E-state index is 12.1. The SMILES string of the molecule is COCCNS(=O)(=O)c1ccc(C(=O)N=c2sccn2C)cc1. The lowest BCUT2D eigenvalue weighted by Crippen LogP contribution is -2.27. The van der Waals surface area contributed by atoms with E-state index in [9.17, 15) is 13.2 Å². The number of carbonyl (C=O) groups is 1. The number of ether oxygens (including phenoxy) is 1. The highest BCUT2D eigenvalue weighted by molar-refractivity contribution is 7.89. The summed E-state index contributed by atoms with van der Waals surface area (Å²) in [4.78, 5) is 16.7. The first-order valence-corrected chi connectivity index (χ1v) is 9.08. The fourth-order valence-electron chi connectivity index (χ4n) is 1.72. The van der Waals surface area contributed by atoms with Crippen molar-refractivity contribution in [3.05, 3.63) is 46.2 Å². The summed E-state index contributed by atoms with van der Waals surface area (Å²) in [6, 6.07) is 5.66. The summed E-state index contributed by atoms with van der Waals surface area (Å²) >= 11 is 1.35. The fourth-order valence-corrected chi connectivity index (χ4v) is 3.47. The van der Waals surface area contributed by atoms with Gasteiger partial charge in [0.1, 0.15) is 0 Å². The molecule has 0 aliphatic heterocycles. The molecule has 1 amide bonds. The van der Waals surface area contributed by atoms with Crippen LogP contribution in [0.5, 0.6) is 0 Å². The second-order valence-corrected chi connectivity index (χ2v) is 7.27. The van der Waals surface area contributed by atoms with E-state index in [-0.39, 0.29) is 18.0 Å². The third-order valence-corrected chi connectivity index (χ3v) is 5.29. The molecule has 9 heteroatoms. The number of amides is 1. The minimum atomic E-state index is -3.61. The Morgan fingerprint density at radius 3 is 2.61 bits per heavy atom. The van der Waals surface area contributed by atoms with Crippen molar-refractivity contribution in [1.82, 2.24) is 9.29 Å². The summed E-state index contributed by atoms with van der Waals surface area (Å²) in [7, 11) is -0.318. The smallest absolute Gasteiger partial charge is 0.279 e. The Labute approximate surface area is 138 Å². The Hall–Kier alpha value is -1.81. The summed E-state index contributed by atoms with van der Waals surface area (Å²) in [5.41, 5.74) is 0.328. The van der Waals surface area contributed by atoms with Crippen molar-refractivity contribution in [3.8, 4) is 0 Å². The summed E-state index contributed by atoms with van der Waals surface area (Å²) in [6.07, 6.45) is 1.80. The Morgan fingerprint density at radius 2 is 2.04 bits per heavy atom. The quantitative estimate of drug-likeness (QED) is 0.775. The highest BCUT2D eigenvalue weighted by atomic mass is 32.2. The molecule has 2 aromatic rings. The van der Waals surface area contributed by atoms with Crippen molar-refractivity contribution in [2.75, 3.05) is 20.3 Å². The molecule has 2 rings (SSSR count). The first-order chi connectivity index (χ1) is 10.9. The lowest BCUT2D eigenvalue weighted by molar-refractivity contribution is 0.0997. The van der Waals surface area contributed by atoms with E-state index in [4.69, 9.17) is 4.74 Å². The third-order valence-electron chi connectivity index (χ3n) is 2.97. The van der Waals surface area contributed by atoms with Crippen LogP contribution in [0.4, 0.5) is 0 Å². The highest BCUT2D eigenvalue weighted by Gasteiger charge is 2.14. The molecule has 0 bridgehead atoms. The summed E-state index contributed by atoms with van der Waals surface area (Å²) in [6.45, 7) is 0.468. The molecule has 124 valence electrons. The topological polar surface area (TPSA) is 89.8 Å². The molecular formula is C14H17N3O4S2. The van der Waals surface area contributed by atoms with E-state index in [2.05, 4.69) is 9.71 Å². The summed E-state index contributed by atoms with van der Waals surface area (Å²) in [5.74, 6) is -0.417. The number of benzene rings is 1. The van der Waals surface area contributed by atoms with Gasteiger partial charge in [0.2, 0.25) is 10.0 Å². The van der Waals surface area contributed by atoms with E-state index in [1.54, 1.807) is 17.8 Å². The van der Waals surface area contributed by atoms with Crippen LogP contribution in [0.15, 0.2) is 45.7 Å². The predicted molar refractivity (Wildman–Crippen MR) is 86.7 cm³/mol. The zero-order valence-electron chi connectivity index (χ0n) is 12.7. The predicted octanol–water partition coefficient (Wildman–Crippen LogP) is 0.752. The molecule has 1 aromatic heterocycles. The molecule has 0 saturated heterocycles. The van der Waals surface area contributed by atoms with Gasteiger partial charge in [-0.05, 0) is 24.3 Å². The molecule has 0 saturated carbocycles. The standard InChI is InChI=1S/C14H17N3O4S2/c1-17-8-10-22-14(17)16-13(18)11-3-5-12(6-4-11)23(19,20)15-7-9-21-2/h3-6,8,10,15H,7,9H2,1-2H3. The molecule has 0 atom stereocenters. The molecule has 0 aliphatic rings. The zero-order chi connectivity index (χ0) is 16.9. The summed E-state index contributed by atoms with van der Waals surface area (Å²) < 4.78 is 33.0. The van der Waals surface area contributed by atoms with Gasteiger partial charge in [0.25, 0.3) is 5.91 Å². The number of aromatic nitrogens is 1. The highest BCUT2D eigenvalue weighted by Crippen LogP contribution is 2.11. The lowest BCUT2D eigenvalue weighted by Gasteiger charge is -2.06. The van der Waals surface area contributed by atoms with Crippen LogP contribution in [0.3, 0.4) is 0 Å². The number of thiazole rings is 1. The summed E-state index contributed by atoms with van der Waals surface area (Å²) in [5, 5.41) is 1.83. The lowest BCUT2D eigenvalue weighted by atomic mass is 10.2. The van der Waals surface area contributed by atoms with Crippen LogP contribution >= 0.6 is 11.3 Å². The van der Waals surface area contributed by atoms with Crippen LogP contribution < -0.4 is 9.52 Å². The van der Waals surface area contributed by atoms with Gasteiger partial charge in [-0.2, -0.15) is 4.99 Å². The molecule has 0 spiro atoms. The number of nitrogens with zero attached hydrogens (tertiary/aromatic N) is 2. The number of rotatable bonds is 6. The van der Waals surface area contributed by atoms with Gasteiger partial charge in [-0.25, -0.2) is 13.1 Å². The van der Waals surface area contributed by atoms with Crippen molar-refractivity contribution in [2.45, 2.75) is 4.90 Å². The number of sulfonamides is 1. The van der Waals surface area contributed by atoms with Gasteiger partial charge < -0.3 is 9.30 Å². The van der Waals surface area contributed by atoms with E-state index >= 15 is 0 Å². The van der Waals surface area contributed by atoms with Gasteiger partial charge in [-0.1, -0.05) is 0 Å². The van der Waals surface area contributed by atoms with Crippen LogP contribution in [0, 0.1) is 0 Å². The molecule has 0 unspecified atom stereocenters. The van der Waals surface area contributed by atoms with Crippen LogP contribution in [0.25, 0.3) is 0 Å². The Bertz CT molecular complexity index is 835. The molecule has 0 aliphatic carbocycles. The first-order valence-electron chi connectivity index (χ1n) is 6.72. The second-order valence-electron chi connectivity index (χ2n) is 4.63. The molecule has 1 aromatic carbocycles. The minimum Gasteiger partial charge on any atom is -0.383 e. The van der Waals surface area contributed by atoms with Crippen molar-refractivity contribution >= 4 is 27.3 Å². The van der Waals surface area contributed by atoms with Gasteiger partial charge in [0, 0.05) is 37.8 Å². The number of hydrogen-bond donors (Lipinski definition) is 1. The second kappa shape index (κ2) is 7.64. The van der Waals surface area contributed by atoms with Crippen molar-refractivity contribution in [2.24, 2.45) is 12.0 Å². The van der Waals surface area contributed by atoms with Gasteiger partial charge in [-0.3, -0.25) is 4.79 Å². The first kappa shape index (κ1) is 17.5. The minimum absolute atomic E-state index is 0.0897. The van der Waals surface area contributed by atoms with Crippen molar-refractivity contribution in [3.63, 3.8) is 0 Å². The Kier molecular flexibility index (Phi) is 5.83. The van der Waals surface area contributed by atoms with Crippen LogP contribution in [-0.4, -0.2) is 39.2 Å². The molecule has 23 heavy (non-hydrogen) atoms. The van der Waals surface area contributed by atoms with E-state index in [0.29, 0.717) is 10.4 Å². The average molecular weight is 355 g/mol. The van der Waals surface area contributed by atoms with Crippen LogP contribution in [-0.2, 0) is 21.8 Å². The Morgan fingerprint density at radius 1 is 1.35 bits per heavy atom. The molecule has 0 radical (unpaired) electrons. The van der Waals surface area contributed by atoms with Gasteiger partial charge in [0.15, 0.2) is 4.80 Å². The fraction of sp³-hybridized carbons (Fsp3) is 0.286.